The fourth-order valence-electron chi connectivity index (χ4n) is 2.01. The Hall–Kier alpha value is -2.54. The maximum atomic E-state index is 12.1. The third kappa shape index (κ3) is 4.72. The van der Waals surface area contributed by atoms with Crippen LogP contribution in [0.3, 0.4) is 0 Å². The normalized spacial score (nSPS) is 10.1. The second kappa shape index (κ2) is 8.19. The van der Waals surface area contributed by atoms with Crippen molar-refractivity contribution in [2.24, 2.45) is 0 Å². The third-order valence-corrected chi connectivity index (χ3v) is 3.97. The molecule has 0 saturated carbocycles. The maximum absolute atomic E-state index is 12.1. The molecule has 0 unspecified atom stereocenters. The van der Waals surface area contributed by atoms with Crippen LogP contribution in [0.2, 0.25) is 0 Å². The first-order valence-corrected chi connectivity index (χ1v) is 8.24. The predicted octanol–water partition coefficient (Wildman–Crippen LogP) is 3.16. The highest BCUT2D eigenvalue weighted by Crippen LogP contribution is 2.19. The van der Waals surface area contributed by atoms with E-state index in [9.17, 15) is 14.9 Å². The summed E-state index contributed by atoms with van der Waals surface area (Å²) in [7, 11) is 0. The van der Waals surface area contributed by atoms with Gasteiger partial charge >= 0.3 is 0 Å². The number of rotatable bonds is 7. The summed E-state index contributed by atoms with van der Waals surface area (Å²) in [5.41, 5.74) is 1.49. The van der Waals surface area contributed by atoms with E-state index in [2.05, 4.69) is 10.6 Å². The first-order valence-electron chi connectivity index (χ1n) is 7.01. The van der Waals surface area contributed by atoms with Crippen LogP contribution >= 0.6 is 11.8 Å². The molecule has 0 spiro atoms. The highest BCUT2D eigenvalue weighted by Gasteiger charge is 2.09. The minimum absolute atomic E-state index is 0.0533. The molecular weight excluding hydrogens is 314 g/mol. The van der Waals surface area contributed by atoms with Gasteiger partial charge in [-0.15, -0.1) is 11.8 Å². The number of anilines is 1. The summed E-state index contributed by atoms with van der Waals surface area (Å²) in [6.45, 7) is 0.990. The molecule has 6 nitrogen and oxygen atoms in total. The van der Waals surface area contributed by atoms with E-state index in [4.69, 9.17) is 0 Å². The lowest BCUT2D eigenvalue weighted by Gasteiger charge is -2.10. The number of non-ortho nitro benzene ring substituents is 1. The van der Waals surface area contributed by atoms with E-state index in [1.165, 1.54) is 23.9 Å². The number of thioether (sulfide) groups is 1. The number of carbonyl (C=O) groups is 1. The molecule has 0 atom stereocenters. The molecule has 1 amide bonds. The molecule has 2 aromatic carbocycles. The smallest absolute Gasteiger partial charge is 0.269 e. The van der Waals surface area contributed by atoms with E-state index in [1.807, 2.05) is 24.5 Å². The summed E-state index contributed by atoms with van der Waals surface area (Å²) >= 11 is 1.53. The van der Waals surface area contributed by atoms with Gasteiger partial charge in [-0.05, 0) is 30.5 Å². The van der Waals surface area contributed by atoms with Crippen molar-refractivity contribution in [2.75, 3.05) is 24.7 Å². The number of nitro benzene ring substituents is 1. The van der Waals surface area contributed by atoms with Crippen LogP contribution in [0.25, 0.3) is 0 Å². The van der Waals surface area contributed by atoms with Crippen molar-refractivity contribution >= 4 is 29.0 Å². The van der Waals surface area contributed by atoms with E-state index in [0.29, 0.717) is 18.7 Å². The van der Waals surface area contributed by atoms with Gasteiger partial charge < -0.3 is 10.6 Å². The number of nitrogens with zero attached hydrogens (tertiary/aromatic N) is 1. The number of carbonyl (C=O) groups excluding carboxylic acids is 1. The zero-order valence-corrected chi connectivity index (χ0v) is 13.4. The summed E-state index contributed by atoms with van der Waals surface area (Å²) < 4.78 is 0. The summed E-state index contributed by atoms with van der Waals surface area (Å²) in [6, 6.07) is 13.6. The van der Waals surface area contributed by atoms with Crippen molar-refractivity contribution in [2.45, 2.75) is 4.90 Å². The first kappa shape index (κ1) is 16.8. The van der Waals surface area contributed by atoms with Crippen molar-refractivity contribution < 1.29 is 9.72 Å². The number of nitro groups is 1. The van der Waals surface area contributed by atoms with Crippen molar-refractivity contribution in [3.8, 4) is 0 Å². The molecule has 23 heavy (non-hydrogen) atoms. The number of nitrogens with one attached hydrogen (secondary N) is 2. The van der Waals surface area contributed by atoms with Gasteiger partial charge in [0.25, 0.3) is 11.6 Å². The van der Waals surface area contributed by atoms with E-state index in [-0.39, 0.29) is 11.6 Å². The SMILES string of the molecule is CSc1ccccc1C(=O)NCCNc1ccc([N+](=O)[O-])cc1. The van der Waals surface area contributed by atoms with Gasteiger partial charge in [0.2, 0.25) is 0 Å². The Labute approximate surface area is 138 Å². The quantitative estimate of drug-likeness (QED) is 0.352. The Bertz CT molecular complexity index is 689. The molecule has 0 aliphatic rings. The predicted molar refractivity (Wildman–Crippen MR) is 92.1 cm³/mol. The van der Waals surface area contributed by atoms with Crippen LogP contribution in [0.5, 0.6) is 0 Å². The molecule has 2 N–H and O–H groups in total. The summed E-state index contributed by atoms with van der Waals surface area (Å²) in [4.78, 5) is 23.2. The lowest BCUT2D eigenvalue weighted by molar-refractivity contribution is -0.384. The molecule has 0 saturated heterocycles. The molecule has 0 bridgehead atoms. The summed E-state index contributed by atoms with van der Waals surface area (Å²) in [5, 5.41) is 16.5. The van der Waals surface area contributed by atoms with E-state index in [1.54, 1.807) is 18.2 Å². The Balaban J connectivity index is 1.81. The lowest BCUT2D eigenvalue weighted by Crippen LogP contribution is -2.29. The molecular formula is C16H17N3O3S. The van der Waals surface area contributed by atoms with E-state index >= 15 is 0 Å². The topological polar surface area (TPSA) is 84.3 Å². The number of hydrogen-bond donors (Lipinski definition) is 2. The fraction of sp³-hybridized carbons (Fsp3) is 0.188. The largest absolute Gasteiger partial charge is 0.383 e. The van der Waals surface area contributed by atoms with Crippen molar-refractivity contribution in [1.29, 1.82) is 0 Å². The Morgan fingerprint density at radius 3 is 2.48 bits per heavy atom. The summed E-state index contributed by atoms with van der Waals surface area (Å²) in [5.74, 6) is -0.111. The molecule has 0 heterocycles. The number of benzene rings is 2. The lowest BCUT2D eigenvalue weighted by atomic mass is 10.2. The van der Waals surface area contributed by atoms with Gasteiger partial charge in [-0.1, -0.05) is 12.1 Å². The average molecular weight is 331 g/mol. The Morgan fingerprint density at radius 1 is 1.13 bits per heavy atom. The third-order valence-electron chi connectivity index (χ3n) is 3.17. The minimum Gasteiger partial charge on any atom is -0.383 e. The highest BCUT2D eigenvalue weighted by atomic mass is 32.2. The van der Waals surface area contributed by atoms with Crippen LogP contribution in [0.15, 0.2) is 53.4 Å². The zero-order valence-electron chi connectivity index (χ0n) is 12.6. The van der Waals surface area contributed by atoms with Gasteiger partial charge in [-0.3, -0.25) is 14.9 Å². The summed E-state index contributed by atoms with van der Waals surface area (Å²) in [6.07, 6.45) is 1.93. The molecule has 2 rings (SSSR count). The van der Waals surface area contributed by atoms with Crippen molar-refractivity contribution in [3.05, 3.63) is 64.2 Å². The molecule has 0 aliphatic heterocycles. The molecule has 2 aromatic rings. The van der Waals surface area contributed by atoms with Crippen LogP contribution in [-0.2, 0) is 0 Å². The van der Waals surface area contributed by atoms with Crippen LogP contribution in [0, 0.1) is 10.1 Å². The van der Waals surface area contributed by atoms with Gasteiger partial charge in [0, 0.05) is 35.8 Å². The van der Waals surface area contributed by atoms with Crippen molar-refractivity contribution in [1.82, 2.24) is 5.32 Å². The van der Waals surface area contributed by atoms with Gasteiger partial charge in [0.15, 0.2) is 0 Å². The van der Waals surface area contributed by atoms with Crippen LogP contribution in [0.1, 0.15) is 10.4 Å². The molecule has 7 heteroatoms. The molecule has 0 aromatic heterocycles. The van der Waals surface area contributed by atoms with Crippen LogP contribution in [0.4, 0.5) is 11.4 Å². The van der Waals surface area contributed by atoms with Crippen LogP contribution < -0.4 is 10.6 Å². The first-order chi connectivity index (χ1) is 11.1. The van der Waals surface area contributed by atoms with Gasteiger partial charge in [0.05, 0.1) is 10.5 Å². The van der Waals surface area contributed by atoms with E-state index < -0.39 is 4.92 Å². The van der Waals surface area contributed by atoms with Gasteiger partial charge in [0.1, 0.15) is 0 Å². The van der Waals surface area contributed by atoms with Crippen molar-refractivity contribution in [3.63, 3.8) is 0 Å². The Kier molecular flexibility index (Phi) is 5.99. The molecule has 0 fully saturated rings. The van der Waals surface area contributed by atoms with Crippen LogP contribution in [-0.4, -0.2) is 30.2 Å². The standard InChI is InChI=1S/C16H17N3O3S/c1-23-15-5-3-2-4-14(15)16(20)18-11-10-17-12-6-8-13(9-7-12)19(21)22/h2-9,17H,10-11H2,1H3,(H,18,20). The van der Waals surface area contributed by atoms with Gasteiger partial charge in [-0.25, -0.2) is 0 Å². The maximum Gasteiger partial charge on any atom is 0.269 e. The molecule has 120 valence electrons. The second-order valence-electron chi connectivity index (χ2n) is 4.69. The fourth-order valence-corrected chi connectivity index (χ4v) is 2.61. The zero-order chi connectivity index (χ0) is 16.7. The number of amides is 1. The highest BCUT2D eigenvalue weighted by molar-refractivity contribution is 7.98. The second-order valence-corrected chi connectivity index (χ2v) is 5.54. The van der Waals surface area contributed by atoms with E-state index in [0.717, 1.165) is 10.6 Å². The number of hydrogen-bond acceptors (Lipinski definition) is 5. The minimum atomic E-state index is -0.437. The Morgan fingerprint density at radius 2 is 1.83 bits per heavy atom. The molecule has 0 aliphatic carbocycles. The monoisotopic (exact) mass is 331 g/mol. The average Bonchev–Trinajstić information content (AvgIpc) is 2.58. The molecule has 0 radical (unpaired) electrons. The van der Waals surface area contributed by atoms with Gasteiger partial charge in [-0.2, -0.15) is 0 Å².